The number of carbonyl (C=O) groups is 2. The summed E-state index contributed by atoms with van der Waals surface area (Å²) in [5.41, 5.74) is 0.370. The van der Waals surface area contributed by atoms with Crippen LogP contribution in [0.4, 0.5) is 19.1 Å². The molecule has 0 atom stereocenters. The molecule has 2 saturated heterocycles. The molecule has 1 N–H and O–H groups in total. The zero-order valence-corrected chi connectivity index (χ0v) is 17.2. The van der Waals surface area contributed by atoms with Crippen LogP contribution in [0.5, 0.6) is 0 Å². The Morgan fingerprint density at radius 1 is 1.13 bits per heavy atom. The maximum Gasteiger partial charge on any atom is 0.490 e. The predicted octanol–water partition coefficient (Wildman–Crippen LogP) is 1.88. The van der Waals surface area contributed by atoms with Crippen molar-refractivity contribution in [2.24, 2.45) is 5.41 Å². The number of carboxylic acid groups (broad SMARTS) is 1. The van der Waals surface area contributed by atoms with Crippen molar-refractivity contribution in [3.8, 4) is 0 Å². The van der Waals surface area contributed by atoms with Gasteiger partial charge in [0.25, 0.3) is 0 Å². The summed E-state index contributed by atoms with van der Waals surface area (Å²) < 4.78 is 31.7. The van der Waals surface area contributed by atoms with Gasteiger partial charge in [0.05, 0.1) is 6.54 Å². The van der Waals surface area contributed by atoms with Gasteiger partial charge in [0, 0.05) is 39.6 Å². The van der Waals surface area contributed by atoms with Crippen LogP contribution in [-0.4, -0.2) is 89.7 Å². The molecule has 0 aromatic carbocycles. The van der Waals surface area contributed by atoms with Gasteiger partial charge >= 0.3 is 12.1 Å². The van der Waals surface area contributed by atoms with E-state index in [1.54, 1.807) is 4.90 Å². The Morgan fingerprint density at radius 3 is 2.20 bits per heavy atom. The number of piperidine rings is 2. The number of likely N-dealkylation sites (tertiary alicyclic amines) is 1. The fourth-order valence-corrected chi connectivity index (χ4v) is 3.76. The zero-order chi connectivity index (χ0) is 22.4. The Labute approximate surface area is 173 Å². The highest BCUT2D eigenvalue weighted by molar-refractivity contribution is 5.77. The first-order valence-corrected chi connectivity index (χ1v) is 9.77. The number of anilines is 1. The first-order valence-electron chi connectivity index (χ1n) is 9.77. The van der Waals surface area contributed by atoms with Crippen LogP contribution in [0.2, 0.25) is 0 Å². The van der Waals surface area contributed by atoms with Crippen LogP contribution in [0.1, 0.15) is 25.7 Å². The molecule has 0 bridgehead atoms. The van der Waals surface area contributed by atoms with Gasteiger partial charge in [-0.05, 0) is 50.3 Å². The van der Waals surface area contributed by atoms with E-state index in [-0.39, 0.29) is 5.91 Å². The third-order valence-corrected chi connectivity index (χ3v) is 5.51. The van der Waals surface area contributed by atoms with E-state index in [0.717, 1.165) is 45.0 Å². The summed E-state index contributed by atoms with van der Waals surface area (Å²) in [7, 11) is 3.65. The molecule has 1 aromatic rings. The van der Waals surface area contributed by atoms with Crippen LogP contribution >= 0.6 is 0 Å². The predicted molar refractivity (Wildman–Crippen MR) is 104 cm³/mol. The van der Waals surface area contributed by atoms with Crippen LogP contribution < -0.4 is 4.90 Å². The zero-order valence-electron chi connectivity index (χ0n) is 17.2. The summed E-state index contributed by atoms with van der Waals surface area (Å²) in [6, 6.07) is 1.86. The molecule has 1 aromatic heterocycles. The molecule has 0 aliphatic carbocycles. The lowest BCUT2D eigenvalue weighted by Gasteiger charge is -2.47. The Balaban J connectivity index is 0.000000396. The van der Waals surface area contributed by atoms with Gasteiger partial charge in [-0.15, -0.1) is 0 Å². The molecule has 11 heteroatoms. The van der Waals surface area contributed by atoms with Crippen molar-refractivity contribution >= 4 is 17.8 Å². The summed E-state index contributed by atoms with van der Waals surface area (Å²) >= 11 is 0. The molecule has 1 amide bonds. The number of halogens is 3. The third kappa shape index (κ3) is 6.82. The van der Waals surface area contributed by atoms with E-state index in [0.29, 0.717) is 12.0 Å². The number of carboxylic acids is 1. The van der Waals surface area contributed by atoms with Crippen molar-refractivity contribution in [3.63, 3.8) is 0 Å². The second-order valence-corrected chi connectivity index (χ2v) is 7.94. The van der Waals surface area contributed by atoms with Crippen LogP contribution in [0.25, 0.3) is 0 Å². The minimum absolute atomic E-state index is 0.198. The molecule has 3 heterocycles. The Morgan fingerprint density at radius 2 is 1.70 bits per heavy atom. The van der Waals surface area contributed by atoms with Crippen LogP contribution in [-0.2, 0) is 9.59 Å². The van der Waals surface area contributed by atoms with Gasteiger partial charge in [-0.3, -0.25) is 9.69 Å². The van der Waals surface area contributed by atoms with Gasteiger partial charge in [0.15, 0.2) is 0 Å². The van der Waals surface area contributed by atoms with Crippen molar-refractivity contribution in [1.82, 2.24) is 19.8 Å². The SMILES string of the molecule is CN(C)C(=O)CN1CCC2(CCCN(c3ncccn3)C2)CC1.O=C(O)C(F)(F)F. The van der Waals surface area contributed by atoms with E-state index in [2.05, 4.69) is 19.8 Å². The molecule has 1 spiro atoms. The van der Waals surface area contributed by atoms with Crippen LogP contribution in [0.3, 0.4) is 0 Å². The van der Waals surface area contributed by atoms with Gasteiger partial charge in [-0.25, -0.2) is 14.8 Å². The molecule has 0 saturated carbocycles. The molecule has 168 valence electrons. The highest BCUT2D eigenvalue weighted by Crippen LogP contribution is 2.40. The second-order valence-electron chi connectivity index (χ2n) is 7.94. The summed E-state index contributed by atoms with van der Waals surface area (Å²) in [6.45, 7) is 4.68. The summed E-state index contributed by atoms with van der Waals surface area (Å²) in [4.78, 5) is 35.9. The van der Waals surface area contributed by atoms with Crippen molar-refractivity contribution in [1.29, 1.82) is 0 Å². The van der Waals surface area contributed by atoms with Gasteiger partial charge in [0.2, 0.25) is 11.9 Å². The average Bonchev–Trinajstić information content (AvgIpc) is 2.70. The Bertz CT molecular complexity index is 707. The van der Waals surface area contributed by atoms with Crippen molar-refractivity contribution in [2.75, 3.05) is 51.7 Å². The van der Waals surface area contributed by atoms with Gasteiger partial charge in [-0.2, -0.15) is 13.2 Å². The quantitative estimate of drug-likeness (QED) is 0.782. The van der Waals surface area contributed by atoms with E-state index in [9.17, 15) is 18.0 Å². The van der Waals surface area contributed by atoms with Gasteiger partial charge in [0.1, 0.15) is 0 Å². The fraction of sp³-hybridized carbons (Fsp3) is 0.684. The number of alkyl halides is 3. The molecule has 8 nitrogen and oxygen atoms in total. The number of rotatable bonds is 3. The lowest BCUT2D eigenvalue weighted by molar-refractivity contribution is -0.192. The van der Waals surface area contributed by atoms with E-state index >= 15 is 0 Å². The smallest absolute Gasteiger partial charge is 0.475 e. The molecular formula is C19H28F3N5O3. The Kier molecular flexibility index (Phi) is 7.99. The number of hydrogen-bond acceptors (Lipinski definition) is 6. The maximum atomic E-state index is 11.9. The largest absolute Gasteiger partial charge is 0.490 e. The normalized spacial score (nSPS) is 19.0. The molecular weight excluding hydrogens is 403 g/mol. The van der Waals surface area contributed by atoms with Crippen molar-refractivity contribution in [2.45, 2.75) is 31.9 Å². The lowest BCUT2D eigenvalue weighted by atomic mass is 9.72. The van der Waals surface area contributed by atoms with E-state index in [4.69, 9.17) is 9.90 Å². The molecule has 0 radical (unpaired) electrons. The number of amides is 1. The topological polar surface area (TPSA) is 89.9 Å². The third-order valence-electron chi connectivity index (χ3n) is 5.51. The van der Waals surface area contributed by atoms with Gasteiger partial charge < -0.3 is 14.9 Å². The minimum atomic E-state index is -5.08. The number of carbonyl (C=O) groups excluding carboxylic acids is 1. The second kappa shape index (κ2) is 10.1. The Hall–Kier alpha value is -2.43. The molecule has 2 aliphatic heterocycles. The molecule has 3 rings (SSSR count). The monoisotopic (exact) mass is 431 g/mol. The van der Waals surface area contributed by atoms with E-state index in [1.165, 1.54) is 12.8 Å². The number of likely N-dealkylation sites (N-methyl/N-ethyl adjacent to an activating group) is 1. The molecule has 2 aliphatic rings. The van der Waals surface area contributed by atoms with E-state index < -0.39 is 12.1 Å². The molecule has 0 unspecified atom stereocenters. The van der Waals surface area contributed by atoms with Crippen LogP contribution in [0, 0.1) is 5.41 Å². The lowest BCUT2D eigenvalue weighted by Crippen LogP contribution is -2.51. The standard InChI is InChI=1S/C17H27N5O.C2HF3O2/c1-20(2)15(23)13-21-11-6-17(7-12-21)5-3-10-22(14-17)16-18-8-4-9-19-16;3-2(4,5)1(6)7/h4,8-9H,3,5-7,10-14H2,1-2H3;(H,6,7). The summed E-state index contributed by atoms with van der Waals surface area (Å²) in [5.74, 6) is -1.70. The summed E-state index contributed by atoms with van der Waals surface area (Å²) in [5, 5.41) is 7.12. The van der Waals surface area contributed by atoms with Crippen molar-refractivity contribution < 1.29 is 27.9 Å². The number of hydrogen-bond donors (Lipinski definition) is 1. The number of aliphatic carboxylic acids is 1. The number of aromatic nitrogens is 2. The first-order chi connectivity index (χ1) is 14.0. The average molecular weight is 431 g/mol. The van der Waals surface area contributed by atoms with E-state index in [1.807, 2.05) is 32.6 Å². The maximum absolute atomic E-state index is 11.9. The first kappa shape index (κ1) is 23.8. The molecule has 30 heavy (non-hydrogen) atoms. The number of nitrogens with zero attached hydrogens (tertiary/aromatic N) is 5. The highest BCUT2D eigenvalue weighted by Gasteiger charge is 2.39. The minimum Gasteiger partial charge on any atom is -0.475 e. The van der Waals surface area contributed by atoms with Crippen molar-refractivity contribution in [3.05, 3.63) is 18.5 Å². The fourth-order valence-electron chi connectivity index (χ4n) is 3.76. The molecule has 2 fully saturated rings. The van der Waals surface area contributed by atoms with Crippen LogP contribution in [0.15, 0.2) is 18.5 Å². The summed E-state index contributed by atoms with van der Waals surface area (Å²) in [6.07, 6.45) is 3.37. The highest BCUT2D eigenvalue weighted by atomic mass is 19.4. The van der Waals surface area contributed by atoms with Gasteiger partial charge in [-0.1, -0.05) is 0 Å².